The van der Waals surface area contributed by atoms with Gasteiger partial charge in [0.25, 0.3) is 0 Å². The number of hydrogen-bond acceptors (Lipinski definition) is 0. The Labute approximate surface area is 268 Å². The monoisotopic (exact) mass is 580 g/mol. The van der Waals surface area contributed by atoms with Crippen LogP contribution in [0.5, 0.6) is 0 Å². The van der Waals surface area contributed by atoms with E-state index in [4.69, 9.17) is 0 Å². The minimum absolute atomic E-state index is 1.05. The van der Waals surface area contributed by atoms with Crippen molar-refractivity contribution in [3.63, 3.8) is 0 Å². The van der Waals surface area contributed by atoms with Gasteiger partial charge in [0.2, 0.25) is 0 Å². The zero-order valence-corrected chi connectivity index (χ0v) is 25.3. The Kier molecular flexibility index (Phi) is 4.77. The van der Waals surface area contributed by atoms with Gasteiger partial charge in [-0.05, 0) is 123 Å². The van der Waals surface area contributed by atoms with E-state index in [9.17, 15) is 0 Å². The van der Waals surface area contributed by atoms with Crippen molar-refractivity contribution in [2.24, 2.45) is 0 Å². The van der Waals surface area contributed by atoms with Gasteiger partial charge in [-0.15, -0.1) is 0 Å². The van der Waals surface area contributed by atoms with Gasteiger partial charge in [0, 0.05) is 0 Å². The Morgan fingerprint density at radius 1 is 0.261 bits per heavy atom. The maximum Gasteiger partial charge on any atom is -0.000706 e. The largest absolute Gasteiger partial charge is 0.0619 e. The highest BCUT2D eigenvalue weighted by Crippen LogP contribution is 2.55. The number of hydrogen-bond donors (Lipinski definition) is 0. The average Bonchev–Trinajstić information content (AvgIpc) is 3.85. The highest BCUT2D eigenvalue weighted by atomic mass is 14.3. The lowest BCUT2D eigenvalue weighted by Gasteiger charge is -2.10. The van der Waals surface area contributed by atoms with Crippen LogP contribution in [-0.4, -0.2) is 0 Å². The Bertz CT molecular complexity index is 2620. The van der Waals surface area contributed by atoms with Crippen LogP contribution in [0.25, 0.3) is 88.3 Å². The number of benzene rings is 8. The quantitative estimate of drug-likeness (QED) is 0.167. The van der Waals surface area contributed by atoms with Crippen LogP contribution in [0, 0.1) is 0 Å². The van der Waals surface area contributed by atoms with Crippen LogP contribution < -0.4 is 0 Å². The third-order valence-corrected chi connectivity index (χ3v) is 10.9. The van der Waals surface area contributed by atoms with Gasteiger partial charge in [0.15, 0.2) is 0 Å². The van der Waals surface area contributed by atoms with Crippen molar-refractivity contribution in [3.05, 3.63) is 168 Å². The first kappa shape index (κ1) is 24.6. The molecular formula is C46H28. The maximum absolute atomic E-state index is 2.33. The van der Waals surface area contributed by atoms with Gasteiger partial charge < -0.3 is 0 Å². The van der Waals surface area contributed by atoms with E-state index in [1.165, 1.54) is 111 Å². The minimum atomic E-state index is 1.05. The zero-order valence-electron chi connectivity index (χ0n) is 25.3. The van der Waals surface area contributed by atoms with E-state index >= 15 is 0 Å². The van der Waals surface area contributed by atoms with Crippen molar-refractivity contribution < 1.29 is 0 Å². The molecule has 8 aromatic rings. The average molecular weight is 581 g/mol. The summed E-state index contributed by atoms with van der Waals surface area (Å²) >= 11 is 0. The summed E-state index contributed by atoms with van der Waals surface area (Å²) in [7, 11) is 0. The number of rotatable bonds is 0. The van der Waals surface area contributed by atoms with E-state index in [1.807, 2.05) is 0 Å². The molecule has 0 amide bonds. The first-order valence-corrected chi connectivity index (χ1v) is 16.4. The van der Waals surface area contributed by atoms with Gasteiger partial charge in [-0.2, -0.15) is 0 Å². The van der Waals surface area contributed by atoms with Crippen LogP contribution in [0.2, 0.25) is 0 Å². The smallest absolute Gasteiger partial charge is 0.000706 e. The summed E-state index contributed by atoms with van der Waals surface area (Å²) in [6.07, 6.45) is 2.12. The summed E-state index contributed by atoms with van der Waals surface area (Å²) in [5.74, 6) is 0. The molecule has 0 fully saturated rings. The van der Waals surface area contributed by atoms with E-state index in [0.717, 1.165) is 12.8 Å². The van der Waals surface area contributed by atoms with Crippen molar-refractivity contribution >= 4 is 21.5 Å². The van der Waals surface area contributed by atoms with Crippen molar-refractivity contribution in [2.45, 2.75) is 12.8 Å². The second kappa shape index (κ2) is 8.93. The summed E-state index contributed by atoms with van der Waals surface area (Å²) in [5.41, 5.74) is 22.9. The predicted octanol–water partition coefficient (Wildman–Crippen LogP) is 12.1. The van der Waals surface area contributed by atoms with Gasteiger partial charge in [-0.25, -0.2) is 0 Å². The number of fused-ring (bicyclic) bond motifs is 14. The molecular weight excluding hydrogens is 553 g/mol. The summed E-state index contributed by atoms with van der Waals surface area (Å²) in [5, 5.41) is 5.54. The van der Waals surface area contributed by atoms with Crippen molar-refractivity contribution in [1.82, 2.24) is 0 Å². The fourth-order valence-electron chi connectivity index (χ4n) is 9.02. The second-order valence-electron chi connectivity index (χ2n) is 13.1. The normalized spacial score (nSPS) is 13.0. The first-order valence-electron chi connectivity index (χ1n) is 16.4. The van der Waals surface area contributed by atoms with Crippen LogP contribution in [0.4, 0.5) is 0 Å². The van der Waals surface area contributed by atoms with Crippen LogP contribution >= 0.6 is 0 Å². The fourth-order valence-corrected chi connectivity index (χ4v) is 9.02. The molecule has 0 nitrogen and oxygen atoms in total. The molecule has 8 aromatic carbocycles. The topological polar surface area (TPSA) is 0 Å². The van der Waals surface area contributed by atoms with Gasteiger partial charge >= 0.3 is 0 Å². The molecule has 0 aromatic heterocycles. The molecule has 12 rings (SSSR count). The SMILES string of the molecule is c1ccc2c(c1)Cc1c-2ccc2c1-c1cccc3cccc-2c13.c1ccc2c(c1)Cc1ccc3c(c1-2)-c1cccc2cccc-3c12. The lowest BCUT2D eigenvalue weighted by molar-refractivity contribution is 1.26. The first-order chi connectivity index (χ1) is 22.8. The molecule has 0 bridgehead atoms. The Morgan fingerprint density at radius 3 is 1.46 bits per heavy atom. The highest BCUT2D eigenvalue weighted by molar-refractivity contribution is 6.19. The van der Waals surface area contributed by atoms with E-state index in [-0.39, 0.29) is 0 Å². The van der Waals surface area contributed by atoms with Gasteiger partial charge in [0.05, 0.1) is 0 Å². The maximum atomic E-state index is 2.33. The Hall–Kier alpha value is -5.72. The van der Waals surface area contributed by atoms with E-state index in [0.29, 0.717) is 0 Å². The molecule has 0 radical (unpaired) electrons. The third-order valence-electron chi connectivity index (χ3n) is 10.9. The molecule has 0 heteroatoms. The molecule has 212 valence electrons. The molecule has 4 aliphatic rings. The summed E-state index contributed by atoms with van der Waals surface area (Å²) < 4.78 is 0. The van der Waals surface area contributed by atoms with E-state index < -0.39 is 0 Å². The highest BCUT2D eigenvalue weighted by Gasteiger charge is 2.30. The summed E-state index contributed by atoms with van der Waals surface area (Å²) in [6.45, 7) is 0. The molecule has 0 saturated heterocycles. The molecule has 0 saturated carbocycles. The molecule has 46 heavy (non-hydrogen) atoms. The van der Waals surface area contributed by atoms with Crippen molar-refractivity contribution in [1.29, 1.82) is 0 Å². The summed E-state index contributed by atoms with van der Waals surface area (Å²) in [6, 6.07) is 53.8. The molecule has 0 unspecified atom stereocenters. The van der Waals surface area contributed by atoms with E-state index in [1.54, 1.807) is 0 Å². The van der Waals surface area contributed by atoms with Crippen molar-refractivity contribution in [2.75, 3.05) is 0 Å². The van der Waals surface area contributed by atoms with Crippen LogP contribution in [0.3, 0.4) is 0 Å². The van der Waals surface area contributed by atoms with Crippen molar-refractivity contribution in [3.8, 4) is 66.8 Å². The molecule has 0 aliphatic heterocycles. The van der Waals surface area contributed by atoms with Crippen LogP contribution in [-0.2, 0) is 12.8 Å². The Balaban J connectivity index is 0.000000114. The zero-order chi connectivity index (χ0) is 29.9. The summed E-state index contributed by atoms with van der Waals surface area (Å²) in [4.78, 5) is 0. The molecule has 0 heterocycles. The molecule has 0 N–H and O–H groups in total. The minimum Gasteiger partial charge on any atom is -0.0619 e. The lowest BCUT2D eigenvalue weighted by atomic mass is 9.93. The molecule has 4 aliphatic carbocycles. The third kappa shape index (κ3) is 3.13. The lowest BCUT2D eigenvalue weighted by Crippen LogP contribution is -1.87. The molecule has 0 spiro atoms. The van der Waals surface area contributed by atoms with Gasteiger partial charge in [-0.3, -0.25) is 0 Å². The fraction of sp³-hybridized carbons (Fsp3) is 0.0435. The van der Waals surface area contributed by atoms with Gasteiger partial charge in [-0.1, -0.05) is 146 Å². The predicted molar refractivity (Wildman–Crippen MR) is 193 cm³/mol. The van der Waals surface area contributed by atoms with E-state index in [2.05, 4.69) is 146 Å². The van der Waals surface area contributed by atoms with Crippen LogP contribution in [0.1, 0.15) is 22.3 Å². The van der Waals surface area contributed by atoms with Gasteiger partial charge in [0.1, 0.15) is 0 Å². The molecule has 0 atom stereocenters. The van der Waals surface area contributed by atoms with Crippen LogP contribution in [0.15, 0.2) is 146 Å². The standard InChI is InChI=1S/2C23H14/c1-2-8-17-15(5-1)13-16-11-12-19-18-9-3-6-14-7-4-10-20(21(14)18)23(19)22(16)17;1-2-8-16-15(5-1)13-21-17(16)11-12-19-18-9-3-6-14-7-4-10-20(22(14)18)23(19)21/h2*1-12H,13H2. The Morgan fingerprint density at radius 2 is 0.761 bits per heavy atom. The second-order valence-corrected chi connectivity index (χ2v) is 13.1.